The van der Waals surface area contributed by atoms with Gasteiger partial charge in [-0.05, 0) is 24.1 Å². The van der Waals surface area contributed by atoms with Crippen molar-refractivity contribution in [2.75, 3.05) is 18.2 Å². The van der Waals surface area contributed by atoms with Gasteiger partial charge in [-0.2, -0.15) is 4.68 Å². The number of benzene rings is 1. The van der Waals surface area contributed by atoms with E-state index in [1.807, 2.05) is 0 Å². The van der Waals surface area contributed by atoms with Crippen molar-refractivity contribution in [3.63, 3.8) is 0 Å². The van der Waals surface area contributed by atoms with Gasteiger partial charge in [0.15, 0.2) is 0 Å². The zero-order chi connectivity index (χ0) is 19.9. The number of alkyl halides is 2. The van der Waals surface area contributed by atoms with Crippen molar-refractivity contribution < 1.29 is 21.9 Å². The number of nitrogens with one attached hydrogen (secondary N) is 2. The van der Waals surface area contributed by atoms with Crippen LogP contribution in [-0.4, -0.2) is 31.4 Å². The lowest BCUT2D eigenvalue weighted by Gasteiger charge is -2.22. The van der Waals surface area contributed by atoms with Crippen LogP contribution in [-0.2, 0) is 20.7 Å². The van der Waals surface area contributed by atoms with E-state index in [-0.39, 0.29) is 26.7 Å². The Kier molecular flexibility index (Phi) is 5.24. The minimum absolute atomic E-state index is 0.0880. The molecule has 11 heteroatoms. The molecular weight excluding hydrogens is 372 g/mol. The first kappa shape index (κ1) is 20.0. The highest BCUT2D eigenvalue weighted by atomic mass is 32.2. The molecule has 0 saturated heterocycles. The monoisotopic (exact) mass is 391 g/mol. The largest absolute Gasteiger partial charge is 0.377 e. The molecule has 1 unspecified atom stereocenters. The summed E-state index contributed by atoms with van der Waals surface area (Å²) in [6.45, 7) is 2.43. The highest BCUT2D eigenvalue weighted by Crippen LogP contribution is 2.36. The smallest absolute Gasteiger partial charge is 0.348 e. The number of aromatic nitrogens is 2. The van der Waals surface area contributed by atoms with E-state index in [2.05, 4.69) is 4.98 Å². The lowest BCUT2D eigenvalue weighted by molar-refractivity contribution is 0.0117. The molecule has 1 aromatic carbocycles. The Labute approximate surface area is 147 Å². The Morgan fingerprint density at radius 2 is 1.96 bits per heavy atom. The predicted molar refractivity (Wildman–Crippen MR) is 92.6 cm³/mol. The van der Waals surface area contributed by atoms with Crippen LogP contribution in [0.3, 0.4) is 0 Å². The van der Waals surface area contributed by atoms with E-state index in [4.69, 9.17) is 4.74 Å². The summed E-state index contributed by atoms with van der Waals surface area (Å²) in [5, 5.41) is -0.126. The minimum atomic E-state index is -3.91. The number of hydrogen-bond donors (Lipinski definition) is 2. The molecule has 0 aliphatic carbocycles. The molecule has 1 heterocycles. The molecule has 0 aliphatic heterocycles. The second-order valence-electron chi connectivity index (χ2n) is 5.94. The summed E-state index contributed by atoms with van der Waals surface area (Å²) in [4.78, 5) is 28.5. The average molecular weight is 391 g/mol. The number of sulfonamides is 1. The summed E-state index contributed by atoms with van der Waals surface area (Å²) < 4.78 is 56.3. The van der Waals surface area contributed by atoms with Crippen LogP contribution in [0.1, 0.15) is 37.5 Å². The standard InChI is InChI=1S/C15H19F2N3O5S/c1-5-12(25-3)8-6-9-11(7-10(8)15(2,16)17)18-14(22)20(13(9)21)19-26(4,23)24/h6-7,12,19H,5H2,1-4H3,(H,18,22). The average Bonchev–Trinajstić information content (AvgIpc) is 2.50. The van der Waals surface area contributed by atoms with Gasteiger partial charge in [0.25, 0.3) is 11.5 Å². The van der Waals surface area contributed by atoms with Crippen LogP contribution in [0.2, 0.25) is 0 Å². The minimum Gasteiger partial charge on any atom is -0.377 e. The Balaban J connectivity index is 2.91. The van der Waals surface area contributed by atoms with Gasteiger partial charge in [-0.1, -0.05) is 6.92 Å². The number of hydrogen-bond acceptors (Lipinski definition) is 5. The maximum Gasteiger partial charge on any atom is 0.348 e. The zero-order valence-corrected chi connectivity index (χ0v) is 15.4. The summed E-state index contributed by atoms with van der Waals surface area (Å²) in [5.74, 6) is -3.24. The molecule has 144 valence electrons. The van der Waals surface area contributed by atoms with E-state index in [1.165, 1.54) is 13.2 Å². The number of H-pyrrole nitrogens is 1. The predicted octanol–water partition coefficient (Wildman–Crippen LogP) is 1.40. The number of halogens is 2. The molecule has 26 heavy (non-hydrogen) atoms. The maximum absolute atomic E-state index is 14.1. The van der Waals surface area contributed by atoms with Gasteiger partial charge in [-0.25, -0.2) is 26.8 Å². The molecular formula is C15H19F2N3O5S. The third-order valence-corrected chi connectivity index (χ3v) is 4.31. The SMILES string of the molecule is CCC(OC)c1cc2c(=O)n(NS(C)(=O)=O)c(=O)[nH]c2cc1C(C)(F)F. The first-order chi connectivity index (χ1) is 11.9. The van der Waals surface area contributed by atoms with Crippen LogP contribution in [0.15, 0.2) is 21.7 Å². The summed E-state index contributed by atoms with van der Waals surface area (Å²) >= 11 is 0. The fraction of sp³-hybridized carbons (Fsp3) is 0.467. The third kappa shape index (κ3) is 3.93. The molecule has 8 nitrogen and oxygen atoms in total. The molecule has 2 aromatic rings. The second kappa shape index (κ2) is 6.80. The van der Waals surface area contributed by atoms with E-state index in [0.29, 0.717) is 13.3 Å². The van der Waals surface area contributed by atoms with E-state index < -0.39 is 33.3 Å². The van der Waals surface area contributed by atoms with Crippen LogP contribution >= 0.6 is 0 Å². The topological polar surface area (TPSA) is 110 Å². The van der Waals surface area contributed by atoms with Gasteiger partial charge in [0.2, 0.25) is 10.0 Å². The first-order valence-electron chi connectivity index (χ1n) is 7.61. The third-order valence-electron chi connectivity index (χ3n) is 3.80. The summed E-state index contributed by atoms with van der Waals surface area (Å²) in [6, 6.07) is 2.21. The number of ether oxygens (including phenoxy) is 1. The van der Waals surface area contributed by atoms with Crippen molar-refractivity contribution in [1.29, 1.82) is 0 Å². The van der Waals surface area contributed by atoms with Crippen LogP contribution < -0.4 is 16.1 Å². The van der Waals surface area contributed by atoms with Gasteiger partial charge in [0, 0.05) is 19.6 Å². The first-order valence-corrected chi connectivity index (χ1v) is 9.50. The highest BCUT2D eigenvalue weighted by Gasteiger charge is 2.31. The Hall–Kier alpha value is -2.27. The number of aromatic amines is 1. The zero-order valence-electron chi connectivity index (χ0n) is 14.6. The molecule has 0 radical (unpaired) electrons. The molecule has 0 aliphatic rings. The fourth-order valence-corrected chi connectivity index (χ4v) is 3.19. The summed E-state index contributed by atoms with van der Waals surface area (Å²) in [7, 11) is -2.56. The van der Waals surface area contributed by atoms with Gasteiger partial charge >= 0.3 is 5.69 Å². The molecule has 2 N–H and O–H groups in total. The van der Waals surface area contributed by atoms with Gasteiger partial charge in [0.05, 0.1) is 23.3 Å². The number of rotatable bonds is 6. The Morgan fingerprint density at radius 1 is 1.35 bits per heavy atom. The van der Waals surface area contributed by atoms with E-state index >= 15 is 0 Å². The van der Waals surface area contributed by atoms with Crippen molar-refractivity contribution in [2.45, 2.75) is 32.3 Å². The van der Waals surface area contributed by atoms with Gasteiger partial charge in [-0.15, -0.1) is 0 Å². The summed E-state index contributed by atoms with van der Waals surface area (Å²) in [5.41, 5.74) is -2.50. The Bertz CT molecular complexity index is 1050. The normalized spacial score (nSPS) is 13.8. The molecule has 0 spiro atoms. The van der Waals surface area contributed by atoms with Gasteiger partial charge in [0.1, 0.15) is 0 Å². The van der Waals surface area contributed by atoms with Crippen LogP contribution in [0.4, 0.5) is 8.78 Å². The number of nitrogens with zero attached hydrogens (tertiary/aromatic N) is 1. The van der Waals surface area contributed by atoms with Gasteiger partial charge in [-0.3, -0.25) is 4.79 Å². The lowest BCUT2D eigenvalue weighted by Crippen LogP contribution is -2.43. The number of fused-ring (bicyclic) bond motifs is 1. The van der Waals surface area contributed by atoms with Crippen LogP contribution in [0.25, 0.3) is 10.9 Å². The van der Waals surface area contributed by atoms with Crippen molar-refractivity contribution in [3.05, 3.63) is 44.1 Å². The quantitative estimate of drug-likeness (QED) is 0.773. The van der Waals surface area contributed by atoms with Crippen molar-refractivity contribution in [3.8, 4) is 0 Å². The molecule has 0 bridgehead atoms. The fourth-order valence-electron chi connectivity index (χ4n) is 2.69. The Morgan fingerprint density at radius 3 is 2.42 bits per heavy atom. The molecule has 2 rings (SSSR count). The molecule has 1 atom stereocenters. The van der Waals surface area contributed by atoms with Crippen LogP contribution in [0.5, 0.6) is 0 Å². The van der Waals surface area contributed by atoms with Gasteiger partial charge < -0.3 is 9.72 Å². The number of methoxy groups -OCH3 is 1. The highest BCUT2D eigenvalue weighted by molar-refractivity contribution is 7.91. The van der Waals surface area contributed by atoms with Crippen molar-refractivity contribution in [2.24, 2.45) is 0 Å². The van der Waals surface area contributed by atoms with E-state index in [9.17, 15) is 26.8 Å². The molecule has 0 amide bonds. The van der Waals surface area contributed by atoms with E-state index in [0.717, 1.165) is 12.3 Å². The van der Waals surface area contributed by atoms with Crippen molar-refractivity contribution >= 4 is 20.9 Å². The molecule has 0 fully saturated rings. The second-order valence-corrected chi connectivity index (χ2v) is 7.67. The van der Waals surface area contributed by atoms with Crippen molar-refractivity contribution in [1.82, 2.24) is 9.66 Å². The van der Waals surface area contributed by atoms with E-state index in [1.54, 1.807) is 11.8 Å². The molecule has 0 saturated carbocycles. The summed E-state index contributed by atoms with van der Waals surface area (Å²) in [6.07, 6.45) is 0.431. The van der Waals surface area contributed by atoms with Crippen LogP contribution in [0, 0.1) is 0 Å². The molecule has 1 aromatic heterocycles. The maximum atomic E-state index is 14.1. The lowest BCUT2D eigenvalue weighted by atomic mass is 9.95.